The third kappa shape index (κ3) is 4.29. The van der Waals surface area contributed by atoms with E-state index < -0.39 is 0 Å². The number of fused-ring (bicyclic) bond motifs is 7. The van der Waals surface area contributed by atoms with Crippen LogP contribution in [0.2, 0.25) is 0 Å². The summed E-state index contributed by atoms with van der Waals surface area (Å²) in [5, 5.41) is 1.11. The molecule has 10 rings (SSSR count). The maximum atomic E-state index is 5.38. The molecule has 0 fully saturated rings. The van der Waals surface area contributed by atoms with Gasteiger partial charge in [0.15, 0.2) is 23.1 Å². The summed E-state index contributed by atoms with van der Waals surface area (Å²) in [5.74, 6) is 2.71. The Labute approximate surface area is 281 Å². The van der Waals surface area contributed by atoms with Crippen LogP contribution in [0, 0.1) is 0 Å². The highest BCUT2D eigenvalue weighted by Crippen LogP contribution is 2.37. The molecule has 7 heteroatoms. The molecule has 4 heterocycles. The predicted molar refractivity (Wildman–Crippen MR) is 196 cm³/mol. The minimum Gasteiger partial charge on any atom is -0.294 e. The topological polar surface area (TPSA) is 65.8 Å². The molecule has 4 aromatic heterocycles. The monoisotopic (exact) mass is 629 g/mol. The van der Waals surface area contributed by atoms with E-state index in [1.165, 1.54) is 0 Å². The second kappa shape index (κ2) is 10.9. The Kier molecular flexibility index (Phi) is 6.04. The average molecular weight is 630 g/mol. The summed E-state index contributed by atoms with van der Waals surface area (Å²) in [6.45, 7) is 0. The Morgan fingerprint density at radius 2 is 0.878 bits per heavy atom. The number of hydrogen-bond donors (Lipinski definition) is 0. The van der Waals surface area contributed by atoms with Gasteiger partial charge in [-0.05, 0) is 42.5 Å². The molecule has 7 nitrogen and oxygen atoms in total. The highest BCUT2D eigenvalue weighted by molar-refractivity contribution is 6.09. The summed E-state index contributed by atoms with van der Waals surface area (Å²) in [5.41, 5.74) is 10.1. The Balaban J connectivity index is 1.22. The molecule has 0 aliphatic rings. The lowest BCUT2D eigenvalue weighted by molar-refractivity contribution is 1.06. The van der Waals surface area contributed by atoms with Crippen molar-refractivity contribution in [2.45, 2.75) is 0 Å². The van der Waals surface area contributed by atoms with E-state index >= 15 is 0 Å². The van der Waals surface area contributed by atoms with Gasteiger partial charge in [0.2, 0.25) is 5.78 Å². The molecule has 0 N–H and O–H groups in total. The van der Waals surface area contributed by atoms with Crippen LogP contribution in [0.25, 0.3) is 84.4 Å². The van der Waals surface area contributed by atoms with Crippen molar-refractivity contribution < 1.29 is 0 Å². The number of hydrogen-bond acceptors (Lipinski definition) is 4. The van der Waals surface area contributed by atoms with Crippen molar-refractivity contribution in [3.63, 3.8) is 0 Å². The van der Waals surface area contributed by atoms with Crippen LogP contribution in [0.4, 0.5) is 0 Å². The number of rotatable bonds is 5. The fourth-order valence-corrected chi connectivity index (χ4v) is 6.91. The predicted octanol–water partition coefficient (Wildman–Crippen LogP) is 9.56. The number of aromatic nitrogens is 7. The molecular weight excluding hydrogens is 603 g/mol. The number of nitrogens with zero attached hydrogens (tertiary/aromatic N) is 7. The molecule has 0 unspecified atom stereocenters. The van der Waals surface area contributed by atoms with Crippen LogP contribution in [0.5, 0.6) is 0 Å². The normalized spacial score (nSPS) is 11.7. The molecule has 230 valence electrons. The van der Waals surface area contributed by atoms with Gasteiger partial charge in [0.1, 0.15) is 5.52 Å². The van der Waals surface area contributed by atoms with Gasteiger partial charge < -0.3 is 0 Å². The molecule has 0 saturated carbocycles. The van der Waals surface area contributed by atoms with Crippen molar-refractivity contribution in [1.82, 2.24) is 33.5 Å². The Bertz CT molecular complexity index is 2760. The zero-order valence-electron chi connectivity index (χ0n) is 26.2. The summed E-state index contributed by atoms with van der Waals surface area (Å²) < 4.78 is 6.84. The van der Waals surface area contributed by atoms with Crippen LogP contribution in [0.1, 0.15) is 0 Å². The minimum absolute atomic E-state index is 0.608. The molecule has 6 aromatic carbocycles. The van der Waals surface area contributed by atoms with Gasteiger partial charge >= 0.3 is 0 Å². The van der Waals surface area contributed by atoms with Crippen LogP contribution >= 0.6 is 0 Å². The van der Waals surface area contributed by atoms with Crippen LogP contribution in [-0.2, 0) is 0 Å². The van der Waals surface area contributed by atoms with Gasteiger partial charge in [-0.2, -0.15) is 0 Å². The van der Waals surface area contributed by atoms with Crippen molar-refractivity contribution in [3.8, 4) is 45.5 Å². The second-order valence-corrected chi connectivity index (χ2v) is 12.0. The molecule has 0 saturated heterocycles. The van der Waals surface area contributed by atoms with Crippen molar-refractivity contribution in [2.75, 3.05) is 0 Å². The van der Waals surface area contributed by atoms with E-state index in [0.717, 1.165) is 66.9 Å². The lowest BCUT2D eigenvalue weighted by Crippen LogP contribution is -2.01. The first-order chi connectivity index (χ1) is 24.3. The van der Waals surface area contributed by atoms with Crippen LogP contribution < -0.4 is 0 Å². The van der Waals surface area contributed by atoms with Crippen LogP contribution in [0.3, 0.4) is 0 Å². The maximum absolute atomic E-state index is 5.38. The van der Waals surface area contributed by atoms with E-state index in [2.05, 4.69) is 117 Å². The maximum Gasteiger partial charge on any atom is 0.221 e. The smallest absolute Gasteiger partial charge is 0.221 e. The van der Waals surface area contributed by atoms with Crippen molar-refractivity contribution in [2.24, 2.45) is 0 Å². The zero-order valence-corrected chi connectivity index (χ0v) is 26.2. The SMILES string of the molecule is c1ccc(-c2nc(-c3ccccc3)nc(-c3cccc(-n4c5ccccc5n5c4nc4c6ccccc6n(-c6ccccc6)c45)c3)n2)cc1. The summed E-state index contributed by atoms with van der Waals surface area (Å²) in [7, 11) is 0. The largest absolute Gasteiger partial charge is 0.294 e. The lowest BCUT2D eigenvalue weighted by Gasteiger charge is -2.10. The fraction of sp³-hybridized carbons (Fsp3) is 0. The molecule has 0 atom stereocenters. The van der Waals surface area contributed by atoms with Crippen LogP contribution in [-0.4, -0.2) is 33.5 Å². The van der Waals surface area contributed by atoms with Gasteiger partial charge in [-0.15, -0.1) is 0 Å². The zero-order chi connectivity index (χ0) is 32.3. The Morgan fingerprint density at radius 3 is 1.55 bits per heavy atom. The second-order valence-electron chi connectivity index (χ2n) is 12.0. The molecule has 0 aliphatic heterocycles. The highest BCUT2D eigenvalue weighted by atomic mass is 15.3. The van der Waals surface area contributed by atoms with E-state index in [4.69, 9.17) is 19.9 Å². The standard InChI is InChI=1S/C42H27N7/c1-4-15-28(16-5-1)38-44-39(29-17-6-2-7-18-29)46-40(45-38)30-19-14-22-32(27-30)48-35-25-12-13-26-36(35)49-41-37(43-42(48)49)33-23-10-11-24-34(33)47(41)31-20-8-3-9-21-31/h1-27H. The summed E-state index contributed by atoms with van der Waals surface area (Å²) in [6.07, 6.45) is 0. The first-order valence-electron chi connectivity index (χ1n) is 16.3. The van der Waals surface area contributed by atoms with Gasteiger partial charge in [-0.25, -0.2) is 19.9 Å². The number of imidazole rings is 2. The minimum atomic E-state index is 0.608. The third-order valence-electron chi connectivity index (χ3n) is 9.09. The summed E-state index contributed by atoms with van der Waals surface area (Å²) in [6, 6.07) is 56.0. The van der Waals surface area contributed by atoms with Gasteiger partial charge in [-0.3, -0.25) is 13.5 Å². The molecule has 10 aromatic rings. The van der Waals surface area contributed by atoms with Gasteiger partial charge in [0, 0.05) is 33.5 Å². The Morgan fingerprint density at radius 1 is 0.367 bits per heavy atom. The van der Waals surface area contributed by atoms with Crippen molar-refractivity contribution in [3.05, 3.63) is 164 Å². The quantitative estimate of drug-likeness (QED) is 0.190. The average Bonchev–Trinajstić information content (AvgIpc) is 3.81. The van der Waals surface area contributed by atoms with Crippen molar-refractivity contribution in [1.29, 1.82) is 0 Å². The molecule has 0 amide bonds. The van der Waals surface area contributed by atoms with Gasteiger partial charge in [0.25, 0.3) is 0 Å². The van der Waals surface area contributed by atoms with Crippen molar-refractivity contribution >= 4 is 38.9 Å². The first kappa shape index (κ1) is 27.3. The van der Waals surface area contributed by atoms with E-state index in [0.29, 0.717) is 17.5 Å². The first-order valence-corrected chi connectivity index (χ1v) is 16.3. The lowest BCUT2D eigenvalue weighted by atomic mass is 10.1. The van der Waals surface area contributed by atoms with E-state index in [9.17, 15) is 0 Å². The summed E-state index contributed by atoms with van der Waals surface area (Å²) in [4.78, 5) is 20.3. The molecule has 0 radical (unpaired) electrons. The van der Waals surface area contributed by atoms with Gasteiger partial charge in [-0.1, -0.05) is 121 Å². The Hall–Kier alpha value is -6.86. The molecule has 0 bridgehead atoms. The molecular formula is C42H27N7. The van der Waals surface area contributed by atoms with E-state index in [-0.39, 0.29) is 0 Å². The van der Waals surface area contributed by atoms with Gasteiger partial charge in [0.05, 0.1) is 16.6 Å². The molecule has 0 aliphatic carbocycles. The fourth-order valence-electron chi connectivity index (χ4n) is 6.91. The third-order valence-corrected chi connectivity index (χ3v) is 9.09. The van der Waals surface area contributed by atoms with E-state index in [1.54, 1.807) is 0 Å². The highest BCUT2D eigenvalue weighted by Gasteiger charge is 2.24. The number of benzene rings is 6. The molecule has 49 heavy (non-hydrogen) atoms. The van der Waals surface area contributed by atoms with Crippen LogP contribution in [0.15, 0.2) is 164 Å². The summed E-state index contributed by atoms with van der Waals surface area (Å²) >= 11 is 0. The van der Waals surface area contributed by atoms with E-state index in [1.807, 2.05) is 60.7 Å². The number of para-hydroxylation sites is 4. The molecule has 0 spiro atoms.